The molecule has 0 saturated carbocycles. The minimum atomic E-state index is -3.74. The molecule has 1 aliphatic rings. The number of hydrogen-bond donors (Lipinski definition) is 1. The molecule has 0 fully saturated rings. The van der Waals surface area contributed by atoms with Gasteiger partial charge in [0.05, 0.1) is 5.75 Å². The smallest absolute Gasteiger partial charge is 0.236 e. The minimum Gasteiger partial charge on any atom is -0.506 e. The zero-order valence-electron chi connectivity index (χ0n) is 7.74. The largest absolute Gasteiger partial charge is 0.506 e. The Balaban J connectivity index is 2.52. The summed E-state index contributed by atoms with van der Waals surface area (Å²) in [6, 6.07) is 1.39. The number of fused-ring (bicyclic) bond motifs is 1. The van der Waals surface area contributed by atoms with Crippen LogP contribution >= 0.6 is 26.6 Å². The predicted molar refractivity (Wildman–Crippen MR) is 60.4 cm³/mol. The fraction of sp³-hybridized carbons (Fsp3) is 0.250. The van der Waals surface area contributed by atoms with Crippen molar-refractivity contribution >= 4 is 35.7 Å². The SMILES string of the molecule is O=S(=O)(Cl)Cc1cc2c(c(Br)c1O)OCO2. The summed E-state index contributed by atoms with van der Waals surface area (Å²) in [5.74, 6) is 0.0389. The molecule has 0 saturated heterocycles. The van der Waals surface area contributed by atoms with Crippen LogP contribution < -0.4 is 9.47 Å². The summed E-state index contributed by atoms with van der Waals surface area (Å²) < 4.78 is 32.3. The fourth-order valence-electron chi connectivity index (χ4n) is 1.34. The number of ether oxygens (including phenoxy) is 2. The quantitative estimate of drug-likeness (QED) is 0.840. The maximum Gasteiger partial charge on any atom is 0.236 e. The van der Waals surface area contributed by atoms with E-state index in [4.69, 9.17) is 20.2 Å². The Kier molecular flexibility index (Phi) is 2.93. The maximum absolute atomic E-state index is 10.9. The van der Waals surface area contributed by atoms with Gasteiger partial charge in [-0.05, 0) is 22.0 Å². The number of rotatable bonds is 2. The molecular formula is C8H6BrClO5S. The average Bonchev–Trinajstić information content (AvgIpc) is 2.59. The van der Waals surface area contributed by atoms with Gasteiger partial charge < -0.3 is 14.6 Å². The van der Waals surface area contributed by atoms with Crippen molar-refractivity contribution in [3.63, 3.8) is 0 Å². The van der Waals surface area contributed by atoms with E-state index >= 15 is 0 Å². The first-order valence-corrected chi connectivity index (χ1v) is 7.38. The van der Waals surface area contributed by atoms with E-state index in [-0.39, 0.29) is 22.6 Å². The van der Waals surface area contributed by atoms with Gasteiger partial charge in [-0.15, -0.1) is 0 Å². The summed E-state index contributed by atoms with van der Waals surface area (Å²) in [5.41, 5.74) is 0.158. The first-order valence-electron chi connectivity index (χ1n) is 4.11. The topological polar surface area (TPSA) is 72.8 Å². The molecule has 16 heavy (non-hydrogen) atoms. The lowest BCUT2D eigenvalue weighted by molar-refractivity contribution is 0.173. The third-order valence-electron chi connectivity index (χ3n) is 1.99. The van der Waals surface area contributed by atoms with Crippen LogP contribution in [0.5, 0.6) is 17.2 Å². The zero-order valence-corrected chi connectivity index (χ0v) is 10.9. The van der Waals surface area contributed by atoms with Crippen molar-refractivity contribution in [2.24, 2.45) is 0 Å². The van der Waals surface area contributed by atoms with Gasteiger partial charge in [0.1, 0.15) is 10.2 Å². The number of benzene rings is 1. The first kappa shape index (κ1) is 11.8. The fourth-order valence-corrected chi connectivity index (χ4v) is 2.85. The highest BCUT2D eigenvalue weighted by Gasteiger charge is 2.24. The molecule has 0 amide bonds. The van der Waals surface area contributed by atoms with E-state index in [0.29, 0.717) is 11.5 Å². The highest BCUT2D eigenvalue weighted by atomic mass is 79.9. The second-order valence-electron chi connectivity index (χ2n) is 3.12. The van der Waals surface area contributed by atoms with E-state index in [2.05, 4.69) is 15.9 Å². The predicted octanol–water partition coefficient (Wildman–Crippen LogP) is 1.95. The number of hydrogen-bond acceptors (Lipinski definition) is 5. The van der Waals surface area contributed by atoms with Gasteiger partial charge in [0.15, 0.2) is 11.5 Å². The number of phenolic OH excluding ortho intramolecular Hbond substituents is 1. The average molecular weight is 330 g/mol. The van der Waals surface area contributed by atoms with E-state index < -0.39 is 14.8 Å². The first-order chi connectivity index (χ1) is 7.38. The lowest BCUT2D eigenvalue weighted by atomic mass is 10.2. The van der Waals surface area contributed by atoms with Crippen LogP contribution in [-0.2, 0) is 14.8 Å². The molecular weight excluding hydrogens is 324 g/mol. The van der Waals surface area contributed by atoms with E-state index in [0.717, 1.165) is 0 Å². The summed E-state index contributed by atoms with van der Waals surface area (Å²) in [7, 11) is 1.38. The summed E-state index contributed by atoms with van der Waals surface area (Å²) in [6.45, 7) is 0.0322. The highest BCUT2D eigenvalue weighted by molar-refractivity contribution is 9.10. The Morgan fingerprint density at radius 3 is 2.81 bits per heavy atom. The van der Waals surface area contributed by atoms with Crippen LogP contribution in [0.2, 0.25) is 0 Å². The van der Waals surface area contributed by atoms with Crippen molar-refractivity contribution in [3.05, 3.63) is 16.1 Å². The van der Waals surface area contributed by atoms with E-state index in [1.165, 1.54) is 6.07 Å². The normalized spacial score (nSPS) is 14.1. The Morgan fingerprint density at radius 1 is 1.50 bits per heavy atom. The second-order valence-corrected chi connectivity index (χ2v) is 6.69. The number of aromatic hydroxyl groups is 1. The number of halogens is 2. The van der Waals surface area contributed by atoms with Gasteiger partial charge in [-0.25, -0.2) is 8.42 Å². The molecule has 0 radical (unpaired) electrons. The Labute approximate surface area is 104 Å². The van der Waals surface area contributed by atoms with Crippen LogP contribution in [-0.4, -0.2) is 20.3 Å². The summed E-state index contributed by atoms with van der Waals surface area (Å²) in [5, 5.41) is 9.72. The summed E-state index contributed by atoms with van der Waals surface area (Å²) >= 11 is 3.10. The third kappa shape index (κ3) is 2.21. The van der Waals surface area contributed by atoms with Crippen LogP contribution in [0.1, 0.15) is 5.56 Å². The van der Waals surface area contributed by atoms with Gasteiger partial charge in [-0.2, -0.15) is 0 Å². The molecule has 0 aromatic heterocycles. The minimum absolute atomic E-state index is 0.0322. The molecule has 1 aromatic carbocycles. The van der Waals surface area contributed by atoms with Crippen molar-refractivity contribution in [2.75, 3.05) is 6.79 Å². The molecule has 0 spiro atoms. The summed E-state index contributed by atoms with van der Waals surface area (Å²) in [6.07, 6.45) is 0. The molecule has 88 valence electrons. The second kappa shape index (κ2) is 3.97. The standard InChI is InChI=1S/C8H6BrClO5S/c9-6-7(11)4(2-16(10,12)13)1-5-8(6)15-3-14-5/h1,11H,2-3H2. The molecule has 1 heterocycles. The van der Waals surface area contributed by atoms with Crippen molar-refractivity contribution in [2.45, 2.75) is 5.75 Å². The Hall–Kier alpha value is -0.660. The summed E-state index contributed by atoms with van der Waals surface area (Å²) in [4.78, 5) is 0. The van der Waals surface area contributed by atoms with Crippen LogP contribution in [0.4, 0.5) is 0 Å². The van der Waals surface area contributed by atoms with Crippen molar-refractivity contribution in [3.8, 4) is 17.2 Å². The van der Waals surface area contributed by atoms with Crippen molar-refractivity contribution in [1.29, 1.82) is 0 Å². The van der Waals surface area contributed by atoms with Gasteiger partial charge in [0, 0.05) is 16.2 Å². The van der Waals surface area contributed by atoms with Gasteiger partial charge in [0.25, 0.3) is 0 Å². The van der Waals surface area contributed by atoms with Crippen LogP contribution in [0.3, 0.4) is 0 Å². The lowest BCUT2D eigenvalue weighted by Crippen LogP contribution is -1.96. The molecule has 0 bridgehead atoms. The molecule has 2 rings (SSSR count). The molecule has 8 heteroatoms. The van der Waals surface area contributed by atoms with Gasteiger partial charge in [-0.3, -0.25) is 0 Å². The van der Waals surface area contributed by atoms with Gasteiger partial charge in [0.2, 0.25) is 15.8 Å². The van der Waals surface area contributed by atoms with Crippen LogP contribution in [0, 0.1) is 0 Å². The molecule has 0 aliphatic carbocycles. The van der Waals surface area contributed by atoms with Crippen LogP contribution in [0.15, 0.2) is 10.5 Å². The van der Waals surface area contributed by atoms with E-state index in [1.807, 2.05) is 0 Å². The monoisotopic (exact) mass is 328 g/mol. The zero-order chi connectivity index (χ0) is 11.9. The molecule has 0 atom stereocenters. The lowest BCUT2D eigenvalue weighted by Gasteiger charge is -2.07. The van der Waals surface area contributed by atoms with Crippen molar-refractivity contribution < 1.29 is 23.0 Å². The van der Waals surface area contributed by atoms with Gasteiger partial charge >= 0.3 is 0 Å². The van der Waals surface area contributed by atoms with Crippen molar-refractivity contribution in [1.82, 2.24) is 0 Å². The Bertz CT molecular complexity index is 542. The molecule has 5 nitrogen and oxygen atoms in total. The molecule has 1 aromatic rings. The maximum atomic E-state index is 10.9. The molecule has 0 unspecified atom stereocenters. The third-order valence-corrected chi connectivity index (χ3v) is 3.70. The molecule has 1 aliphatic heterocycles. The van der Waals surface area contributed by atoms with E-state index in [1.54, 1.807) is 0 Å². The van der Waals surface area contributed by atoms with Gasteiger partial charge in [-0.1, -0.05) is 0 Å². The molecule has 1 N–H and O–H groups in total. The highest BCUT2D eigenvalue weighted by Crippen LogP contribution is 2.46. The number of phenols is 1. The van der Waals surface area contributed by atoms with Crippen LogP contribution in [0.25, 0.3) is 0 Å². The van der Waals surface area contributed by atoms with E-state index in [9.17, 15) is 13.5 Å². The Morgan fingerprint density at radius 2 is 2.19 bits per heavy atom.